The second-order valence-corrected chi connectivity index (χ2v) is 6.68. The second-order valence-electron chi connectivity index (χ2n) is 5.07. The number of hydrogen-bond acceptors (Lipinski definition) is 7. The summed E-state index contributed by atoms with van der Waals surface area (Å²) in [7, 11) is 0. The summed E-state index contributed by atoms with van der Waals surface area (Å²) in [6, 6.07) is 4.57. The molecule has 1 fully saturated rings. The van der Waals surface area contributed by atoms with E-state index in [0.717, 1.165) is 13.1 Å². The van der Waals surface area contributed by atoms with Gasteiger partial charge >= 0.3 is 0 Å². The van der Waals surface area contributed by atoms with Crippen LogP contribution in [0.5, 0.6) is 0 Å². The number of carbonyl (C=O) groups is 1. The highest BCUT2D eigenvalue weighted by Gasteiger charge is 2.20. The van der Waals surface area contributed by atoms with Crippen LogP contribution in [0.2, 0.25) is 0 Å². The summed E-state index contributed by atoms with van der Waals surface area (Å²) in [5, 5.41) is 15.4. The minimum atomic E-state index is -0.485. The highest BCUT2D eigenvalue weighted by Crippen LogP contribution is 2.25. The third-order valence-electron chi connectivity index (χ3n) is 3.61. The average Bonchev–Trinajstić information content (AvgIpc) is 3.04. The van der Waals surface area contributed by atoms with Gasteiger partial charge in [-0.2, -0.15) is 9.78 Å². The molecule has 0 bridgehead atoms. The number of hydrogen-bond donors (Lipinski definition) is 0. The molecule has 1 saturated heterocycles. The largest absolute Gasteiger partial charge is 0.378 e. The van der Waals surface area contributed by atoms with Crippen LogP contribution in [0.3, 0.4) is 0 Å². The minimum Gasteiger partial charge on any atom is -0.378 e. The van der Waals surface area contributed by atoms with Gasteiger partial charge in [0.05, 0.1) is 41.0 Å². The number of ether oxygens (including phenoxy) is 1. The molecule has 2 heterocycles. The number of morpholine rings is 1. The fourth-order valence-corrected chi connectivity index (χ4v) is 3.51. The molecule has 0 unspecified atom stereocenters. The van der Waals surface area contributed by atoms with Gasteiger partial charge in [0.1, 0.15) is 4.32 Å². The summed E-state index contributed by atoms with van der Waals surface area (Å²) >= 11 is 6.60. The lowest BCUT2D eigenvalue weighted by Gasteiger charge is -2.28. The number of carbonyl (C=O) groups excluding carboxylic acids is 1. The number of benzene rings is 1. The summed E-state index contributed by atoms with van der Waals surface area (Å²) in [6.45, 7) is 2.69. The zero-order chi connectivity index (χ0) is 17.1. The molecule has 10 heteroatoms. The molecule has 1 aliphatic heterocycles. The maximum absolute atomic E-state index is 12.4. The van der Waals surface area contributed by atoms with E-state index in [-0.39, 0.29) is 17.3 Å². The molecule has 1 aromatic carbocycles. The number of nitrogens with zero attached hydrogens (tertiary/aromatic N) is 4. The number of thioether (sulfide) groups is 1. The van der Waals surface area contributed by atoms with Gasteiger partial charge in [0.2, 0.25) is 0 Å². The van der Waals surface area contributed by atoms with Gasteiger partial charge in [0.15, 0.2) is 0 Å². The van der Waals surface area contributed by atoms with Crippen LogP contribution in [0, 0.1) is 10.1 Å². The Kier molecular flexibility index (Phi) is 5.07. The molecule has 0 atom stereocenters. The van der Waals surface area contributed by atoms with Gasteiger partial charge in [-0.15, -0.1) is 0 Å². The monoisotopic (exact) mass is 366 g/mol. The predicted octanol–water partition coefficient (Wildman–Crippen LogP) is 1.93. The molecule has 0 spiro atoms. The first-order valence-corrected chi connectivity index (χ1v) is 8.61. The van der Waals surface area contributed by atoms with E-state index in [0.29, 0.717) is 28.4 Å². The molecule has 24 heavy (non-hydrogen) atoms. The lowest BCUT2D eigenvalue weighted by molar-refractivity contribution is -0.383. The average molecular weight is 366 g/mol. The van der Waals surface area contributed by atoms with Crippen molar-refractivity contribution in [2.45, 2.75) is 0 Å². The second kappa shape index (κ2) is 7.24. The maximum Gasteiger partial charge on any atom is 0.280 e. The van der Waals surface area contributed by atoms with Crippen LogP contribution in [0.1, 0.15) is 4.79 Å². The SMILES string of the molecule is O=C(CSC(=S)N1CCOCC1)n1ncc2c([N+](=O)[O-])cccc21. The Morgan fingerprint density at radius 2 is 2.17 bits per heavy atom. The van der Waals surface area contributed by atoms with Crippen LogP contribution < -0.4 is 0 Å². The molecule has 0 radical (unpaired) electrons. The van der Waals surface area contributed by atoms with E-state index in [9.17, 15) is 14.9 Å². The number of non-ortho nitro benzene ring substituents is 1. The zero-order valence-corrected chi connectivity index (χ0v) is 14.2. The van der Waals surface area contributed by atoms with Crippen molar-refractivity contribution in [3.63, 3.8) is 0 Å². The van der Waals surface area contributed by atoms with E-state index in [4.69, 9.17) is 17.0 Å². The molecule has 0 N–H and O–H groups in total. The number of nitro benzene ring substituents is 1. The highest BCUT2D eigenvalue weighted by atomic mass is 32.2. The Morgan fingerprint density at radius 1 is 1.42 bits per heavy atom. The lowest BCUT2D eigenvalue weighted by Crippen LogP contribution is -2.38. The van der Waals surface area contributed by atoms with Crippen molar-refractivity contribution in [3.05, 3.63) is 34.5 Å². The third-order valence-corrected chi connectivity index (χ3v) is 5.12. The molecular weight excluding hydrogens is 352 g/mol. The summed E-state index contributed by atoms with van der Waals surface area (Å²) in [5.74, 6) is -0.151. The van der Waals surface area contributed by atoms with E-state index in [1.165, 1.54) is 34.8 Å². The number of aromatic nitrogens is 2. The summed E-state index contributed by atoms with van der Waals surface area (Å²) in [4.78, 5) is 24.9. The first-order valence-electron chi connectivity index (χ1n) is 7.21. The molecule has 8 nitrogen and oxygen atoms in total. The highest BCUT2D eigenvalue weighted by molar-refractivity contribution is 8.23. The summed E-state index contributed by atoms with van der Waals surface area (Å²) in [5.41, 5.74) is 0.357. The van der Waals surface area contributed by atoms with Gasteiger partial charge in [-0.1, -0.05) is 30.0 Å². The maximum atomic E-state index is 12.4. The van der Waals surface area contributed by atoms with E-state index in [1.807, 2.05) is 4.90 Å². The number of fused-ring (bicyclic) bond motifs is 1. The van der Waals surface area contributed by atoms with Crippen LogP contribution in [-0.2, 0) is 4.74 Å². The molecule has 1 aliphatic rings. The number of nitro groups is 1. The van der Waals surface area contributed by atoms with Crippen molar-refractivity contribution < 1.29 is 14.5 Å². The Hall–Kier alpha value is -2.04. The molecule has 2 aromatic rings. The van der Waals surface area contributed by atoms with Crippen molar-refractivity contribution in [2.75, 3.05) is 32.1 Å². The van der Waals surface area contributed by atoms with Crippen molar-refractivity contribution >= 4 is 50.8 Å². The van der Waals surface area contributed by atoms with Crippen molar-refractivity contribution in [1.29, 1.82) is 0 Å². The topological polar surface area (TPSA) is 90.5 Å². The molecule has 0 aliphatic carbocycles. The Labute approximate surface area is 146 Å². The van der Waals surface area contributed by atoms with Gasteiger partial charge < -0.3 is 9.64 Å². The van der Waals surface area contributed by atoms with Gasteiger partial charge in [0.25, 0.3) is 11.6 Å². The van der Waals surface area contributed by atoms with E-state index in [1.54, 1.807) is 6.07 Å². The number of rotatable bonds is 3. The first-order chi connectivity index (χ1) is 11.6. The van der Waals surface area contributed by atoms with Crippen LogP contribution in [0.15, 0.2) is 24.4 Å². The Bertz CT molecular complexity index is 801. The standard InChI is InChI=1S/C14H14N4O4S2/c19-13(9-24-14(23)16-4-6-22-7-5-16)17-11-2-1-3-12(18(20)21)10(11)8-15-17/h1-3,8H,4-7,9H2. The van der Waals surface area contributed by atoms with Crippen LogP contribution in [0.4, 0.5) is 5.69 Å². The normalized spacial score (nSPS) is 14.8. The fourth-order valence-electron chi connectivity index (χ4n) is 2.42. The Morgan fingerprint density at radius 3 is 2.88 bits per heavy atom. The van der Waals surface area contributed by atoms with Crippen LogP contribution in [0.25, 0.3) is 10.9 Å². The quantitative estimate of drug-likeness (QED) is 0.462. The molecule has 1 aromatic heterocycles. The number of thiocarbonyl (C=S) groups is 1. The molecule has 0 saturated carbocycles. The predicted molar refractivity (Wildman–Crippen MR) is 94.5 cm³/mol. The smallest absolute Gasteiger partial charge is 0.280 e. The van der Waals surface area contributed by atoms with Crippen LogP contribution >= 0.6 is 24.0 Å². The van der Waals surface area contributed by atoms with Crippen LogP contribution in [-0.4, -0.2) is 61.9 Å². The van der Waals surface area contributed by atoms with Gasteiger partial charge in [-0.25, -0.2) is 0 Å². The van der Waals surface area contributed by atoms with E-state index in [2.05, 4.69) is 5.10 Å². The van der Waals surface area contributed by atoms with Crippen molar-refractivity contribution in [2.24, 2.45) is 0 Å². The molecule has 3 rings (SSSR count). The summed E-state index contributed by atoms with van der Waals surface area (Å²) < 4.78 is 7.11. The molecular formula is C14H14N4O4S2. The first kappa shape index (κ1) is 16.8. The zero-order valence-electron chi connectivity index (χ0n) is 12.6. The van der Waals surface area contributed by atoms with Gasteiger partial charge in [-0.3, -0.25) is 14.9 Å². The van der Waals surface area contributed by atoms with E-state index >= 15 is 0 Å². The lowest BCUT2D eigenvalue weighted by atomic mass is 10.2. The van der Waals surface area contributed by atoms with Crippen molar-refractivity contribution in [1.82, 2.24) is 14.7 Å². The summed E-state index contributed by atoms with van der Waals surface area (Å²) in [6.07, 6.45) is 1.34. The van der Waals surface area contributed by atoms with E-state index < -0.39 is 4.92 Å². The van der Waals surface area contributed by atoms with Crippen molar-refractivity contribution in [3.8, 4) is 0 Å². The molecule has 0 amide bonds. The minimum absolute atomic E-state index is 0.0666. The molecule has 126 valence electrons. The van der Waals surface area contributed by atoms with Gasteiger partial charge in [0, 0.05) is 19.2 Å². The van der Waals surface area contributed by atoms with Gasteiger partial charge in [-0.05, 0) is 6.07 Å². The third kappa shape index (κ3) is 3.40. The fraction of sp³-hybridized carbons (Fsp3) is 0.357. The Balaban J connectivity index is 1.71.